The highest BCUT2D eigenvalue weighted by atomic mass is 35.5. The Morgan fingerprint density at radius 3 is 2.55 bits per heavy atom. The second kappa shape index (κ2) is 6.70. The Morgan fingerprint density at radius 2 is 1.90 bits per heavy atom. The number of halogens is 2. The fourth-order valence-corrected chi connectivity index (χ4v) is 2.01. The van der Waals surface area contributed by atoms with Gasteiger partial charge in [0.05, 0.1) is 5.02 Å². The standard InChI is InChI=1S/C15H15ClFNO2/c16-12-7-6-11(13(18)8-9-19)14(17)15(12)20-10-4-2-1-3-5-10/h1-7,13,19H,8-9,18H2/t13-/m0/s1. The topological polar surface area (TPSA) is 55.5 Å². The predicted octanol–water partition coefficient (Wildman–Crippen LogP) is 3.65. The summed E-state index contributed by atoms with van der Waals surface area (Å²) in [5, 5.41) is 9.06. The molecule has 0 amide bonds. The third-order valence-corrected chi connectivity index (χ3v) is 3.18. The number of nitrogens with two attached hydrogens (primary N) is 1. The number of aliphatic hydroxyl groups excluding tert-OH is 1. The van der Waals surface area contributed by atoms with Gasteiger partial charge in [-0.3, -0.25) is 0 Å². The zero-order valence-corrected chi connectivity index (χ0v) is 11.5. The van der Waals surface area contributed by atoms with E-state index in [9.17, 15) is 4.39 Å². The molecule has 0 unspecified atom stereocenters. The molecule has 3 nitrogen and oxygen atoms in total. The van der Waals surface area contributed by atoms with Crippen LogP contribution in [0.4, 0.5) is 4.39 Å². The zero-order valence-electron chi connectivity index (χ0n) is 10.7. The SMILES string of the molecule is N[C@@H](CCO)c1ccc(Cl)c(Oc2ccccc2)c1F. The van der Waals surface area contributed by atoms with Crippen molar-refractivity contribution in [3.8, 4) is 11.5 Å². The molecule has 0 radical (unpaired) electrons. The van der Waals surface area contributed by atoms with E-state index < -0.39 is 11.9 Å². The molecule has 2 aromatic rings. The molecule has 0 saturated heterocycles. The first-order valence-corrected chi connectivity index (χ1v) is 6.58. The van der Waals surface area contributed by atoms with E-state index in [0.29, 0.717) is 5.75 Å². The molecule has 1 atom stereocenters. The molecule has 106 valence electrons. The van der Waals surface area contributed by atoms with Crippen LogP contribution in [0.15, 0.2) is 42.5 Å². The van der Waals surface area contributed by atoms with Gasteiger partial charge in [-0.2, -0.15) is 0 Å². The van der Waals surface area contributed by atoms with Crippen molar-refractivity contribution in [2.75, 3.05) is 6.61 Å². The molecule has 2 rings (SSSR count). The summed E-state index contributed by atoms with van der Waals surface area (Å²) in [7, 11) is 0. The van der Waals surface area contributed by atoms with Gasteiger partial charge in [-0.1, -0.05) is 35.9 Å². The maximum atomic E-state index is 14.4. The summed E-state index contributed by atoms with van der Waals surface area (Å²) in [6, 6.07) is 11.2. The van der Waals surface area contributed by atoms with Gasteiger partial charge in [0.25, 0.3) is 0 Å². The first-order chi connectivity index (χ1) is 9.63. The third kappa shape index (κ3) is 3.28. The quantitative estimate of drug-likeness (QED) is 0.885. The monoisotopic (exact) mass is 295 g/mol. The van der Waals surface area contributed by atoms with Crippen molar-refractivity contribution in [3.63, 3.8) is 0 Å². The van der Waals surface area contributed by atoms with Crippen LogP contribution in [0.25, 0.3) is 0 Å². The summed E-state index contributed by atoms with van der Waals surface area (Å²) >= 11 is 5.98. The van der Waals surface area contributed by atoms with Crippen LogP contribution in [0.1, 0.15) is 18.0 Å². The third-order valence-electron chi connectivity index (χ3n) is 2.88. The Kier molecular flexibility index (Phi) is 4.95. The number of aliphatic hydroxyl groups is 1. The van der Waals surface area contributed by atoms with E-state index in [0.717, 1.165) is 0 Å². The van der Waals surface area contributed by atoms with Gasteiger partial charge in [0.2, 0.25) is 0 Å². The number of para-hydroxylation sites is 1. The first-order valence-electron chi connectivity index (χ1n) is 6.20. The average molecular weight is 296 g/mol. The fraction of sp³-hybridized carbons (Fsp3) is 0.200. The first kappa shape index (κ1) is 14.8. The lowest BCUT2D eigenvalue weighted by atomic mass is 10.0. The Morgan fingerprint density at radius 1 is 1.20 bits per heavy atom. The van der Waals surface area contributed by atoms with Crippen molar-refractivity contribution >= 4 is 11.6 Å². The van der Waals surface area contributed by atoms with E-state index in [1.54, 1.807) is 24.3 Å². The molecule has 0 aliphatic carbocycles. The number of hydrogen-bond donors (Lipinski definition) is 2. The molecule has 0 aliphatic rings. The van der Waals surface area contributed by atoms with E-state index in [4.69, 9.17) is 27.2 Å². The molecule has 0 heterocycles. The summed E-state index contributed by atoms with van der Waals surface area (Å²) in [5.41, 5.74) is 6.09. The van der Waals surface area contributed by atoms with Gasteiger partial charge >= 0.3 is 0 Å². The lowest BCUT2D eigenvalue weighted by Crippen LogP contribution is -2.14. The van der Waals surface area contributed by atoms with Crippen molar-refractivity contribution in [1.82, 2.24) is 0 Å². The second-order valence-electron chi connectivity index (χ2n) is 4.31. The summed E-state index contributed by atoms with van der Waals surface area (Å²) in [4.78, 5) is 0. The average Bonchev–Trinajstić information content (AvgIpc) is 2.45. The minimum Gasteiger partial charge on any atom is -0.453 e. The van der Waals surface area contributed by atoms with Gasteiger partial charge in [0.1, 0.15) is 5.75 Å². The van der Waals surface area contributed by atoms with E-state index in [-0.39, 0.29) is 29.4 Å². The van der Waals surface area contributed by atoms with Crippen molar-refractivity contribution in [2.45, 2.75) is 12.5 Å². The molecule has 0 aliphatic heterocycles. The molecule has 0 spiro atoms. The van der Waals surface area contributed by atoms with Crippen molar-refractivity contribution < 1.29 is 14.2 Å². The number of ether oxygens (including phenoxy) is 1. The Labute approximate surface area is 121 Å². The van der Waals surface area contributed by atoms with E-state index in [1.165, 1.54) is 12.1 Å². The molecule has 0 saturated carbocycles. The minimum atomic E-state index is -0.601. The fourth-order valence-electron chi connectivity index (χ4n) is 1.83. The lowest BCUT2D eigenvalue weighted by molar-refractivity contribution is 0.275. The van der Waals surface area contributed by atoms with Gasteiger partial charge in [-0.15, -0.1) is 0 Å². The van der Waals surface area contributed by atoms with Gasteiger partial charge in [-0.05, 0) is 24.6 Å². The Balaban J connectivity index is 2.35. The van der Waals surface area contributed by atoms with Crippen molar-refractivity contribution in [1.29, 1.82) is 0 Å². The van der Waals surface area contributed by atoms with E-state index >= 15 is 0 Å². The van der Waals surface area contributed by atoms with Crippen LogP contribution in [-0.4, -0.2) is 11.7 Å². The zero-order chi connectivity index (χ0) is 14.5. The van der Waals surface area contributed by atoms with Crippen LogP contribution < -0.4 is 10.5 Å². The molecule has 20 heavy (non-hydrogen) atoms. The van der Waals surface area contributed by atoms with Crippen LogP contribution in [0.3, 0.4) is 0 Å². The minimum absolute atomic E-state index is 0.0521. The van der Waals surface area contributed by atoms with Crippen LogP contribution in [-0.2, 0) is 0 Å². The number of benzene rings is 2. The Hall–Kier alpha value is -1.62. The van der Waals surface area contributed by atoms with Crippen molar-refractivity contribution in [2.24, 2.45) is 5.73 Å². The highest BCUT2D eigenvalue weighted by Gasteiger charge is 2.18. The molecule has 0 bridgehead atoms. The second-order valence-corrected chi connectivity index (χ2v) is 4.72. The van der Waals surface area contributed by atoms with Crippen LogP contribution in [0.2, 0.25) is 5.02 Å². The molecular formula is C15H15ClFNO2. The summed E-state index contributed by atoms with van der Waals surface area (Å²) in [6.07, 6.45) is 0.267. The van der Waals surface area contributed by atoms with Gasteiger partial charge < -0.3 is 15.6 Å². The Bertz CT molecular complexity index is 578. The van der Waals surface area contributed by atoms with Crippen LogP contribution in [0, 0.1) is 5.82 Å². The van der Waals surface area contributed by atoms with Gasteiger partial charge in [0.15, 0.2) is 11.6 Å². The van der Waals surface area contributed by atoms with Gasteiger partial charge in [-0.25, -0.2) is 4.39 Å². The molecule has 5 heteroatoms. The lowest BCUT2D eigenvalue weighted by Gasteiger charge is -2.15. The summed E-state index contributed by atoms with van der Waals surface area (Å²) < 4.78 is 19.9. The molecule has 3 N–H and O–H groups in total. The highest BCUT2D eigenvalue weighted by Crippen LogP contribution is 2.35. The van der Waals surface area contributed by atoms with E-state index in [1.807, 2.05) is 6.07 Å². The van der Waals surface area contributed by atoms with Crippen LogP contribution >= 0.6 is 11.6 Å². The number of hydrogen-bond acceptors (Lipinski definition) is 3. The van der Waals surface area contributed by atoms with Gasteiger partial charge in [0, 0.05) is 18.2 Å². The highest BCUT2D eigenvalue weighted by molar-refractivity contribution is 6.32. The normalized spacial score (nSPS) is 12.2. The maximum absolute atomic E-state index is 14.4. The summed E-state index contributed by atoms with van der Waals surface area (Å²) in [6.45, 7) is -0.113. The largest absolute Gasteiger partial charge is 0.453 e. The van der Waals surface area contributed by atoms with Crippen molar-refractivity contribution in [3.05, 3.63) is 58.9 Å². The molecular weight excluding hydrogens is 281 g/mol. The van der Waals surface area contributed by atoms with E-state index in [2.05, 4.69) is 0 Å². The number of rotatable bonds is 5. The molecule has 2 aromatic carbocycles. The maximum Gasteiger partial charge on any atom is 0.181 e. The summed E-state index contributed by atoms with van der Waals surface area (Å²) in [5.74, 6) is -0.160. The molecule has 0 aromatic heterocycles. The predicted molar refractivity (Wildman–Crippen MR) is 76.6 cm³/mol. The molecule has 0 fully saturated rings. The smallest absolute Gasteiger partial charge is 0.181 e. The van der Waals surface area contributed by atoms with Crippen LogP contribution in [0.5, 0.6) is 11.5 Å².